The van der Waals surface area contributed by atoms with Crippen molar-refractivity contribution in [2.75, 3.05) is 28.1 Å². The number of carbonyl (C=O) groups is 1. The van der Waals surface area contributed by atoms with Gasteiger partial charge in [-0.1, -0.05) is 0 Å². The van der Waals surface area contributed by atoms with Crippen LogP contribution in [0.15, 0.2) is 12.1 Å². The van der Waals surface area contributed by atoms with Crippen LogP contribution in [0.2, 0.25) is 0 Å². The standard InChI is InChI=1S/C11H14O5/c1-13-7-16-11-5-9(14-2)8(6-12)4-10(11)15-3/h4-6H,7H2,1-3H3. The van der Waals surface area contributed by atoms with Crippen LogP contribution in [0.25, 0.3) is 0 Å². The number of rotatable bonds is 6. The fourth-order valence-corrected chi connectivity index (χ4v) is 1.22. The molecule has 1 aromatic rings. The molecule has 0 radical (unpaired) electrons. The van der Waals surface area contributed by atoms with Gasteiger partial charge in [0.1, 0.15) is 5.75 Å². The molecule has 0 unspecified atom stereocenters. The summed E-state index contributed by atoms with van der Waals surface area (Å²) in [6.45, 7) is 0.0972. The third kappa shape index (κ3) is 2.64. The highest BCUT2D eigenvalue weighted by atomic mass is 16.7. The summed E-state index contributed by atoms with van der Waals surface area (Å²) in [5, 5.41) is 0. The van der Waals surface area contributed by atoms with Crippen LogP contribution in [0, 0.1) is 0 Å². The second-order valence-corrected chi connectivity index (χ2v) is 2.91. The number of hydrogen-bond acceptors (Lipinski definition) is 5. The molecule has 16 heavy (non-hydrogen) atoms. The van der Waals surface area contributed by atoms with E-state index in [0.29, 0.717) is 29.1 Å². The zero-order chi connectivity index (χ0) is 12.0. The van der Waals surface area contributed by atoms with Gasteiger partial charge in [-0.25, -0.2) is 0 Å². The van der Waals surface area contributed by atoms with Gasteiger partial charge in [0.25, 0.3) is 0 Å². The van der Waals surface area contributed by atoms with Crippen LogP contribution in [-0.2, 0) is 4.74 Å². The van der Waals surface area contributed by atoms with Gasteiger partial charge in [0.2, 0.25) is 0 Å². The molecule has 5 heteroatoms. The molecule has 0 saturated carbocycles. The van der Waals surface area contributed by atoms with Crippen molar-refractivity contribution in [2.24, 2.45) is 0 Å². The maximum Gasteiger partial charge on any atom is 0.188 e. The average molecular weight is 226 g/mol. The van der Waals surface area contributed by atoms with E-state index in [9.17, 15) is 4.79 Å². The number of ether oxygens (including phenoxy) is 4. The monoisotopic (exact) mass is 226 g/mol. The molecule has 88 valence electrons. The molecule has 0 aliphatic rings. The number of benzene rings is 1. The first-order chi connectivity index (χ1) is 7.76. The molecule has 0 bridgehead atoms. The van der Waals surface area contributed by atoms with Crippen molar-refractivity contribution in [1.29, 1.82) is 0 Å². The van der Waals surface area contributed by atoms with E-state index in [0.717, 1.165) is 0 Å². The highest BCUT2D eigenvalue weighted by Crippen LogP contribution is 2.33. The Morgan fingerprint density at radius 1 is 1.06 bits per heavy atom. The molecule has 0 amide bonds. The van der Waals surface area contributed by atoms with Crippen molar-refractivity contribution >= 4 is 6.29 Å². The number of carbonyl (C=O) groups excluding carboxylic acids is 1. The van der Waals surface area contributed by atoms with Crippen molar-refractivity contribution in [3.05, 3.63) is 17.7 Å². The van der Waals surface area contributed by atoms with Crippen LogP contribution in [0.4, 0.5) is 0 Å². The largest absolute Gasteiger partial charge is 0.496 e. The van der Waals surface area contributed by atoms with Crippen molar-refractivity contribution in [1.82, 2.24) is 0 Å². The number of methoxy groups -OCH3 is 3. The van der Waals surface area contributed by atoms with E-state index in [-0.39, 0.29) is 6.79 Å². The van der Waals surface area contributed by atoms with Crippen LogP contribution in [-0.4, -0.2) is 34.4 Å². The molecule has 1 rings (SSSR count). The first-order valence-corrected chi connectivity index (χ1v) is 4.59. The van der Waals surface area contributed by atoms with Crippen LogP contribution in [0.5, 0.6) is 17.2 Å². The smallest absolute Gasteiger partial charge is 0.188 e. The summed E-state index contributed by atoms with van der Waals surface area (Å²) in [6, 6.07) is 3.14. The summed E-state index contributed by atoms with van der Waals surface area (Å²) in [4.78, 5) is 10.8. The second kappa shape index (κ2) is 5.97. The third-order valence-electron chi connectivity index (χ3n) is 1.98. The number of hydrogen-bond donors (Lipinski definition) is 0. The van der Waals surface area contributed by atoms with Gasteiger partial charge in [-0.2, -0.15) is 0 Å². The lowest BCUT2D eigenvalue weighted by Crippen LogP contribution is -2.02. The molecule has 0 aliphatic heterocycles. The van der Waals surface area contributed by atoms with Crippen molar-refractivity contribution in [2.45, 2.75) is 0 Å². The molecule has 5 nitrogen and oxygen atoms in total. The van der Waals surface area contributed by atoms with E-state index in [4.69, 9.17) is 18.9 Å². The fourth-order valence-electron chi connectivity index (χ4n) is 1.22. The first-order valence-electron chi connectivity index (χ1n) is 4.59. The summed E-state index contributed by atoms with van der Waals surface area (Å²) in [6.07, 6.45) is 0.696. The van der Waals surface area contributed by atoms with Crippen LogP contribution >= 0.6 is 0 Å². The quantitative estimate of drug-likeness (QED) is 0.543. The Hall–Kier alpha value is -1.75. The molecule has 0 N–H and O–H groups in total. The Labute approximate surface area is 93.9 Å². The van der Waals surface area contributed by atoms with Crippen LogP contribution < -0.4 is 14.2 Å². The highest BCUT2D eigenvalue weighted by molar-refractivity contribution is 5.81. The van der Waals surface area contributed by atoms with E-state index < -0.39 is 0 Å². The molecular formula is C11H14O5. The molecule has 0 saturated heterocycles. The van der Waals surface area contributed by atoms with Gasteiger partial charge in [0.05, 0.1) is 19.8 Å². The normalized spacial score (nSPS) is 9.69. The fraction of sp³-hybridized carbons (Fsp3) is 0.364. The summed E-state index contributed by atoms with van der Waals surface area (Å²) in [5.41, 5.74) is 0.407. The summed E-state index contributed by atoms with van der Waals surface area (Å²) < 4.78 is 20.2. The molecule has 0 aliphatic carbocycles. The van der Waals surface area contributed by atoms with Gasteiger partial charge in [-0.15, -0.1) is 0 Å². The lowest BCUT2D eigenvalue weighted by atomic mass is 10.2. The lowest BCUT2D eigenvalue weighted by Gasteiger charge is -2.12. The Balaban J connectivity index is 3.09. The van der Waals surface area contributed by atoms with Crippen LogP contribution in [0.3, 0.4) is 0 Å². The summed E-state index contributed by atoms with van der Waals surface area (Å²) >= 11 is 0. The minimum absolute atomic E-state index is 0.0972. The van der Waals surface area contributed by atoms with E-state index >= 15 is 0 Å². The molecular weight excluding hydrogens is 212 g/mol. The Morgan fingerprint density at radius 2 is 1.75 bits per heavy atom. The SMILES string of the molecule is COCOc1cc(OC)c(C=O)cc1OC. The molecule has 0 fully saturated rings. The Morgan fingerprint density at radius 3 is 2.25 bits per heavy atom. The van der Waals surface area contributed by atoms with Gasteiger partial charge in [0, 0.05) is 13.2 Å². The van der Waals surface area contributed by atoms with E-state index in [1.54, 1.807) is 12.1 Å². The van der Waals surface area contributed by atoms with E-state index in [1.807, 2.05) is 0 Å². The Kier molecular flexibility index (Phi) is 4.60. The molecule has 0 heterocycles. The Bertz CT molecular complexity index is 362. The van der Waals surface area contributed by atoms with Gasteiger partial charge in [0.15, 0.2) is 24.6 Å². The predicted octanol–water partition coefficient (Wildman–Crippen LogP) is 1.50. The maximum atomic E-state index is 10.8. The molecule has 0 atom stereocenters. The molecule has 0 aromatic heterocycles. The lowest BCUT2D eigenvalue weighted by molar-refractivity contribution is 0.0490. The second-order valence-electron chi connectivity index (χ2n) is 2.91. The van der Waals surface area contributed by atoms with Gasteiger partial charge < -0.3 is 18.9 Å². The van der Waals surface area contributed by atoms with Gasteiger partial charge >= 0.3 is 0 Å². The molecule has 0 spiro atoms. The van der Waals surface area contributed by atoms with Crippen molar-refractivity contribution in [3.8, 4) is 17.2 Å². The van der Waals surface area contributed by atoms with Gasteiger partial charge in [-0.3, -0.25) is 4.79 Å². The topological polar surface area (TPSA) is 54.0 Å². The first kappa shape index (κ1) is 12.3. The van der Waals surface area contributed by atoms with E-state index in [2.05, 4.69) is 0 Å². The maximum absolute atomic E-state index is 10.8. The zero-order valence-corrected chi connectivity index (χ0v) is 9.48. The average Bonchev–Trinajstić information content (AvgIpc) is 2.35. The summed E-state index contributed by atoms with van der Waals surface area (Å²) in [5.74, 6) is 1.36. The third-order valence-corrected chi connectivity index (χ3v) is 1.98. The molecule has 1 aromatic carbocycles. The minimum atomic E-state index is 0.0972. The predicted molar refractivity (Wildman–Crippen MR) is 57.4 cm³/mol. The van der Waals surface area contributed by atoms with Crippen LogP contribution in [0.1, 0.15) is 10.4 Å². The zero-order valence-electron chi connectivity index (χ0n) is 9.48. The van der Waals surface area contributed by atoms with Gasteiger partial charge in [-0.05, 0) is 6.07 Å². The highest BCUT2D eigenvalue weighted by Gasteiger charge is 2.11. The number of aldehydes is 1. The van der Waals surface area contributed by atoms with Crippen molar-refractivity contribution < 1.29 is 23.7 Å². The van der Waals surface area contributed by atoms with Crippen molar-refractivity contribution in [3.63, 3.8) is 0 Å². The van der Waals surface area contributed by atoms with E-state index in [1.165, 1.54) is 21.3 Å². The minimum Gasteiger partial charge on any atom is -0.496 e. The summed E-state index contributed by atoms with van der Waals surface area (Å²) in [7, 11) is 4.49.